The van der Waals surface area contributed by atoms with Crippen molar-refractivity contribution in [2.45, 2.75) is 20.3 Å². The number of carboxylic acids is 1. The first-order chi connectivity index (χ1) is 12.0. The fourth-order valence-corrected chi connectivity index (χ4v) is 3.51. The smallest absolute Gasteiger partial charge is 0.305 e. The van der Waals surface area contributed by atoms with Crippen molar-refractivity contribution in [1.29, 1.82) is 0 Å². The Balaban J connectivity index is 2.25. The summed E-state index contributed by atoms with van der Waals surface area (Å²) in [6.45, 7) is 4.88. The first-order valence-corrected chi connectivity index (χ1v) is 9.05. The van der Waals surface area contributed by atoms with Crippen molar-refractivity contribution in [3.8, 4) is 11.5 Å². The number of carbonyl (C=O) groups excluding carboxylic acids is 1. The van der Waals surface area contributed by atoms with Crippen molar-refractivity contribution in [3.63, 3.8) is 0 Å². The summed E-state index contributed by atoms with van der Waals surface area (Å²) in [6, 6.07) is 5.41. The van der Waals surface area contributed by atoms with Gasteiger partial charge in [0.25, 0.3) is 5.91 Å². The van der Waals surface area contributed by atoms with E-state index in [0.29, 0.717) is 33.9 Å². The molecule has 1 aromatic rings. The zero-order chi connectivity index (χ0) is 18.4. The molecule has 25 heavy (non-hydrogen) atoms. The van der Waals surface area contributed by atoms with E-state index in [4.69, 9.17) is 26.8 Å². The predicted octanol–water partition coefficient (Wildman–Crippen LogP) is 3.16. The standard InChI is InChI=1S/C17H19NO5S2/c1-3-22-12-6-5-11(13(10-12)23-4-2)9-14-16(21)18(17(24)25-14)8-7-15(19)20/h5-6,9-10H,3-4,7-8H2,1-2H3,(H,19,20). The number of thioether (sulfide) groups is 1. The lowest BCUT2D eigenvalue weighted by atomic mass is 10.1. The minimum absolute atomic E-state index is 0.0684. The number of rotatable bonds is 8. The van der Waals surface area contributed by atoms with Crippen LogP contribution >= 0.6 is 24.0 Å². The van der Waals surface area contributed by atoms with Crippen LogP contribution in [0.2, 0.25) is 0 Å². The highest BCUT2D eigenvalue weighted by molar-refractivity contribution is 8.26. The highest BCUT2D eigenvalue weighted by atomic mass is 32.2. The summed E-state index contributed by atoms with van der Waals surface area (Å²) < 4.78 is 11.5. The van der Waals surface area contributed by atoms with Crippen LogP contribution in [0, 0.1) is 0 Å². The highest BCUT2D eigenvalue weighted by Gasteiger charge is 2.32. The summed E-state index contributed by atoms with van der Waals surface area (Å²) in [6.07, 6.45) is 1.56. The molecule has 0 radical (unpaired) electrons. The Bertz CT molecular complexity index is 717. The Hall–Kier alpha value is -2.06. The number of hydrogen-bond donors (Lipinski definition) is 1. The van der Waals surface area contributed by atoms with E-state index in [0.717, 1.165) is 17.3 Å². The van der Waals surface area contributed by atoms with E-state index < -0.39 is 5.97 Å². The molecule has 1 saturated heterocycles. The molecule has 1 N–H and O–H groups in total. The molecule has 1 heterocycles. The molecule has 0 saturated carbocycles. The fourth-order valence-electron chi connectivity index (χ4n) is 2.21. The zero-order valence-corrected chi connectivity index (χ0v) is 15.6. The Morgan fingerprint density at radius 1 is 1.32 bits per heavy atom. The largest absolute Gasteiger partial charge is 0.494 e. The Kier molecular flexibility index (Phi) is 6.83. The summed E-state index contributed by atoms with van der Waals surface area (Å²) in [5.74, 6) is 0.0529. The van der Waals surface area contributed by atoms with Gasteiger partial charge in [-0.1, -0.05) is 24.0 Å². The van der Waals surface area contributed by atoms with Crippen LogP contribution in [0.4, 0.5) is 0 Å². The van der Waals surface area contributed by atoms with Gasteiger partial charge < -0.3 is 14.6 Å². The van der Waals surface area contributed by atoms with Gasteiger partial charge in [0.15, 0.2) is 0 Å². The molecule has 1 aliphatic rings. The number of nitrogens with zero attached hydrogens (tertiary/aromatic N) is 1. The predicted molar refractivity (Wildman–Crippen MR) is 101 cm³/mol. The van der Waals surface area contributed by atoms with Gasteiger partial charge in [-0.05, 0) is 32.1 Å². The minimum atomic E-state index is -0.969. The number of ether oxygens (including phenoxy) is 2. The molecule has 0 spiro atoms. The second-order valence-electron chi connectivity index (χ2n) is 5.04. The maximum atomic E-state index is 12.5. The van der Waals surface area contributed by atoms with Crippen LogP contribution in [0.5, 0.6) is 11.5 Å². The molecule has 1 fully saturated rings. The molecule has 2 rings (SSSR count). The van der Waals surface area contributed by atoms with Crippen molar-refractivity contribution in [3.05, 3.63) is 28.7 Å². The molecule has 0 unspecified atom stereocenters. The molecule has 0 atom stereocenters. The quantitative estimate of drug-likeness (QED) is 0.547. The number of carbonyl (C=O) groups is 2. The van der Waals surface area contributed by atoms with Crippen molar-refractivity contribution < 1.29 is 24.2 Å². The van der Waals surface area contributed by atoms with Crippen LogP contribution in [0.25, 0.3) is 6.08 Å². The number of aliphatic carboxylic acids is 1. The molecule has 134 valence electrons. The van der Waals surface area contributed by atoms with Crippen LogP contribution < -0.4 is 9.47 Å². The summed E-state index contributed by atoms with van der Waals surface area (Å²) >= 11 is 6.34. The fraction of sp³-hybridized carbons (Fsp3) is 0.353. The number of thiocarbonyl (C=S) groups is 1. The lowest BCUT2D eigenvalue weighted by molar-refractivity contribution is -0.137. The van der Waals surface area contributed by atoms with Gasteiger partial charge in [-0.2, -0.15) is 0 Å². The monoisotopic (exact) mass is 381 g/mol. The van der Waals surface area contributed by atoms with E-state index in [1.807, 2.05) is 26.0 Å². The van der Waals surface area contributed by atoms with Gasteiger partial charge in [-0.3, -0.25) is 14.5 Å². The summed E-state index contributed by atoms with van der Waals surface area (Å²) in [5, 5.41) is 8.78. The zero-order valence-electron chi connectivity index (χ0n) is 14.0. The van der Waals surface area contributed by atoms with Crippen LogP contribution in [0.15, 0.2) is 23.1 Å². The lowest BCUT2D eigenvalue weighted by Crippen LogP contribution is -2.30. The highest BCUT2D eigenvalue weighted by Crippen LogP contribution is 2.35. The second-order valence-corrected chi connectivity index (χ2v) is 6.72. The molecule has 0 aromatic heterocycles. The number of benzene rings is 1. The topological polar surface area (TPSA) is 76.1 Å². The van der Waals surface area contributed by atoms with Crippen molar-refractivity contribution in [2.24, 2.45) is 0 Å². The minimum Gasteiger partial charge on any atom is -0.494 e. The van der Waals surface area contributed by atoms with Gasteiger partial charge in [0, 0.05) is 18.2 Å². The maximum Gasteiger partial charge on any atom is 0.305 e. The molecule has 1 aromatic carbocycles. The summed E-state index contributed by atoms with van der Waals surface area (Å²) in [7, 11) is 0. The van der Waals surface area contributed by atoms with Gasteiger partial charge in [-0.15, -0.1) is 0 Å². The molecule has 0 aliphatic carbocycles. The van der Waals surface area contributed by atoms with Crippen LogP contribution in [0.1, 0.15) is 25.8 Å². The number of amides is 1. The molecule has 1 amide bonds. The molecular weight excluding hydrogens is 362 g/mol. The summed E-state index contributed by atoms with van der Waals surface area (Å²) in [5.41, 5.74) is 0.740. The van der Waals surface area contributed by atoms with Crippen molar-refractivity contribution in [1.82, 2.24) is 4.90 Å². The van der Waals surface area contributed by atoms with Gasteiger partial charge in [0.2, 0.25) is 0 Å². The molecule has 8 heteroatoms. The average molecular weight is 381 g/mol. The van der Waals surface area contributed by atoms with E-state index >= 15 is 0 Å². The van der Waals surface area contributed by atoms with Gasteiger partial charge in [0.05, 0.1) is 24.5 Å². The first-order valence-electron chi connectivity index (χ1n) is 7.83. The van der Waals surface area contributed by atoms with Crippen molar-refractivity contribution >= 4 is 46.3 Å². The van der Waals surface area contributed by atoms with Crippen LogP contribution in [-0.4, -0.2) is 46.0 Å². The van der Waals surface area contributed by atoms with Gasteiger partial charge in [-0.25, -0.2) is 0 Å². The Morgan fingerprint density at radius 2 is 2.04 bits per heavy atom. The van der Waals surface area contributed by atoms with Crippen LogP contribution in [-0.2, 0) is 9.59 Å². The molecule has 1 aliphatic heterocycles. The number of hydrogen-bond acceptors (Lipinski definition) is 6. The van der Waals surface area contributed by atoms with E-state index in [-0.39, 0.29) is 18.9 Å². The average Bonchev–Trinajstić information content (AvgIpc) is 2.82. The second kappa shape index (κ2) is 8.87. The van der Waals surface area contributed by atoms with Gasteiger partial charge in [0.1, 0.15) is 15.8 Å². The normalized spacial score (nSPS) is 15.8. The van der Waals surface area contributed by atoms with Gasteiger partial charge >= 0.3 is 5.97 Å². The van der Waals surface area contributed by atoms with E-state index in [1.165, 1.54) is 4.90 Å². The van der Waals surface area contributed by atoms with Crippen molar-refractivity contribution in [2.75, 3.05) is 19.8 Å². The Morgan fingerprint density at radius 3 is 2.68 bits per heavy atom. The molecule has 6 nitrogen and oxygen atoms in total. The number of carboxylic acid groups (broad SMARTS) is 1. The third kappa shape index (κ3) is 4.96. The first kappa shape index (κ1) is 19.3. The molecule has 0 bridgehead atoms. The SMILES string of the molecule is CCOc1ccc(C=C2SC(=S)N(CCC(=O)O)C2=O)c(OCC)c1. The van der Waals surface area contributed by atoms with Crippen LogP contribution in [0.3, 0.4) is 0 Å². The van der Waals surface area contributed by atoms with E-state index in [2.05, 4.69) is 0 Å². The molecular formula is C17H19NO5S2. The lowest BCUT2D eigenvalue weighted by Gasteiger charge is -2.12. The Labute approximate surface area is 155 Å². The summed E-state index contributed by atoms with van der Waals surface area (Å²) in [4.78, 5) is 24.9. The maximum absolute atomic E-state index is 12.5. The third-order valence-corrected chi connectivity index (χ3v) is 4.68. The third-order valence-electron chi connectivity index (χ3n) is 3.31. The van der Waals surface area contributed by atoms with E-state index in [1.54, 1.807) is 12.1 Å². The van der Waals surface area contributed by atoms with E-state index in [9.17, 15) is 9.59 Å².